The number of aliphatic imine (C=N–C) groups is 1. The summed E-state index contributed by atoms with van der Waals surface area (Å²) >= 11 is 8.72. The van der Waals surface area contributed by atoms with Crippen molar-refractivity contribution in [2.24, 2.45) is 4.99 Å². The molecule has 0 spiro atoms. The number of hydrogen-bond acceptors (Lipinski definition) is 5. The number of furan rings is 1. The van der Waals surface area contributed by atoms with E-state index in [0.717, 1.165) is 21.2 Å². The summed E-state index contributed by atoms with van der Waals surface area (Å²) in [6.07, 6.45) is 1.73. The van der Waals surface area contributed by atoms with Crippen LogP contribution in [0.5, 0.6) is 0 Å². The predicted octanol–water partition coefficient (Wildman–Crippen LogP) is 6.59. The van der Waals surface area contributed by atoms with Gasteiger partial charge in [0, 0.05) is 16.0 Å². The third kappa shape index (κ3) is 4.96. The number of carbonyl (C=O) groups excluding carboxylic acids is 1. The van der Waals surface area contributed by atoms with Crippen LogP contribution in [0.2, 0.25) is 5.02 Å². The van der Waals surface area contributed by atoms with E-state index < -0.39 is 0 Å². The monoisotopic (exact) mass is 440 g/mol. The van der Waals surface area contributed by atoms with Gasteiger partial charge in [0.1, 0.15) is 5.76 Å². The molecule has 146 valence electrons. The zero-order chi connectivity index (χ0) is 20.4. The summed E-state index contributed by atoms with van der Waals surface area (Å²) in [5.74, 6) is 0.439. The van der Waals surface area contributed by atoms with Crippen molar-refractivity contribution in [3.63, 3.8) is 0 Å². The van der Waals surface area contributed by atoms with Crippen LogP contribution in [0, 0.1) is 13.8 Å². The fourth-order valence-corrected chi connectivity index (χ4v) is 4.45. The first kappa shape index (κ1) is 19.9. The number of carbonyl (C=O) groups is 1. The highest BCUT2D eigenvalue weighted by Gasteiger charge is 2.24. The van der Waals surface area contributed by atoms with Crippen molar-refractivity contribution >= 4 is 58.0 Å². The van der Waals surface area contributed by atoms with E-state index in [1.807, 2.05) is 62.4 Å². The normalized spacial score (nSPS) is 16.6. The van der Waals surface area contributed by atoms with Gasteiger partial charge in [-0.3, -0.25) is 4.79 Å². The van der Waals surface area contributed by atoms with Crippen LogP contribution in [0.15, 0.2) is 78.9 Å². The molecule has 3 aromatic rings. The van der Waals surface area contributed by atoms with Crippen molar-refractivity contribution < 1.29 is 9.21 Å². The van der Waals surface area contributed by atoms with Crippen LogP contribution in [0.4, 0.5) is 5.69 Å². The largest absolute Gasteiger partial charge is 0.450 e. The third-order valence-electron chi connectivity index (χ3n) is 4.13. The minimum absolute atomic E-state index is 0.179. The molecule has 1 N–H and O–H groups in total. The maximum Gasteiger partial charge on any atom is 0.264 e. The van der Waals surface area contributed by atoms with E-state index in [0.29, 0.717) is 20.9 Å². The number of nitrogens with one attached hydrogen (secondary N) is 1. The summed E-state index contributed by atoms with van der Waals surface area (Å²) in [6.45, 7) is 4.05. The zero-order valence-corrected chi connectivity index (χ0v) is 18.1. The van der Waals surface area contributed by atoms with Crippen molar-refractivity contribution in [3.8, 4) is 0 Å². The highest BCUT2D eigenvalue weighted by molar-refractivity contribution is 8.18. The molecule has 1 fully saturated rings. The molecule has 1 aliphatic rings. The SMILES string of the molecule is Cc1ccc(N=C2NC(=O)/C(=C\c3ccc(Sc4ccc(Cl)cc4)o3)S2)c(C)c1. The molecule has 29 heavy (non-hydrogen) atoms. The summed E-state index contributed by atoms with van der Waals surface area (Å²) in [6, 6.07) is 17.3. The number of rotatable bonds is 4. The topological polar surface area (TPSA) is 54.6 Å². The van der Waals surface area contributed by atoms with Crippen LogP contribution in [0.1, 0.15) is 16.9 Å². The van der Waals surface area contributed by atoms with E-state index in [-0.39, 0.29) is 5.91 Å². The second-order valence-electron chi connectivity index (χ2n) is 6.48. The first-order valence-electron chi connectivity index (χ1n) is 8.86. The number of nitrogens with zero attached hydrogens (tertiary/aromatic N) is 1. The lowest BCUT2D eigenvalue weighted by Crippen LogP contribution is -2.19. The Kier molecular flexibility index (Phi) is 5.85. The molecule has 0 unspecified atom stereocenters. The third-order valence-corrected chi connectivity index (χ3v) is 6.22. The highest BCUT2D eigenvalue weighted by Crippen LogP contribution is 2.33. The summed E-state index contributed by atoms with van der Waals surface area (Å²) in [5, 5.41) is 4.82. The number of amidine groups is 1. The molecule has 0 bridgehead atoms. The van der Waals surface area contributed by atoms with Gasteiger partial charge in [0.25, 0.3) is 5.91 Å². The molecular weight excluding hydrogens is 424 g/mol. The second kappa shape index (κ2) is 8.53. The van der Waals surface area contributed by atoms with Gasteiger partial charge in [0.05, 0.1) is 10.6 Å². The summed E-state index contributed by atoms with van der Waals surface area (Å²) in [7, 11) is 0. The molecule has 1 amide bonds. The van der Waals surface area contributed by atoms with E-state index >= 15 is 0 Å². The van der Waals surface area contributed by atoms with Crippen molar-refractivity contribution in [3.05, 3.63) is 81.4 Å². The van der Waals surface area contributed by atoms with E-state index in [1.54, 1.807) is 6.08 Å². The van der Waals surface area contributed by atoms with Gasteiger partial charge >= 0.3 is 0 Å². The van der Waals surface area contributed by atoms with Crippen LogP contribution in [-0.4, -0.2) is 11.1 Å². The first-order chi connectivity index (χ1) is 14.0. The molecule has 2 aromatic carbocycles. The van der Waals surface area contributed by atoms with Crippen LogP contribution in [0.25, 0.3) is 6.08 Å². The number of amides is 1. The van der Waals surface area contributed by atoms with Gasteiger partial charge in [-0.05, 0) is 73.6 Å². The molecule has 0 saturated carbocycles. The lowest BCUT2D eigenvalue weighted by atomic mass is 10.1. The fraction of sp³-hybridized carbons (Fsp3) is 0.0909. The summed E-state index contributed by atoms with van der Waals surface area (Å²) < 4.78 is 5.83. The lowest BCUT2D eigenvalue weighted by molar-refractivity contribution is -0.115. The van der Waals surface area contributed by atoms with Crippen LogP contribution in [0.3, 0.4) is 0 Å². The van der Waals surface area contributed by atoms with Gasteiger partial charge < -0.3 is 9.73 Å². The van der Waals surface area contributed by atoms with Gasteiger partial charge in [-0.1, -0.05) is 41.1 Å². The lowest BCUT2D eigenvalue weighted by Gasteiger charge is -2.02. The Morgan fingerprint density at radius 3 is 2.66 bits per heavy atom. The molecule has 4 rings (SSSR count). The minimum atomic E-state index is -0.179. The molecular formula is C22H17ClN2O2S2. The predicted molar refractivity (Wildman–Crippen MR) is 121 cm³/mol. The number of benzene rings is 2. The Morgan fingerprint density at radius 1 is 1.10 bits per heavy atom. The average Bonchev–Trinajstić information content (AvgIpc) is 3.26. The molecule has 1 aromatic heterocycles. The van der Waals surface area contributed by atoms with E-state index in [2.05, 4.69) is 16.4 Å². The highest BCUT2D eigenvalue weighted by atomic mass is 35.5. The fourth-order valence-electron chi connectivity index (χ4n) is 2.74. The Bertz CT molecular complexity index is 1130. The second-order valence-corrected chi connectivity index (χ2v) is 9.03. The van der Waals surface area contributed by atoms with E-state index in [4.69, 9.17) is 16.0 Å². The molecule has 1 saturated heterocycles. The van der Waals surface area contributed by atoms with Gasteiger partial charge in [0.2, 0.25) is 0 Å². The Morgan fingerprint density at radius 2 is 1.90 bits per heavy atom. The van der Waals surface area contributed by atoms with E-state index in [1.165, 1.54) is 29.1 Å². The Hall–Kier alpha value is -2.41. The molecule has 1 aliphatic heterocycles. The van der Waals surface area contributed by atoms with Gasteiger partial charge in [-0.15, -0.1) is 0 Å². The van der Waals surface area contributed by atoms with Crippen molar-refractivity contribution in [1.29, 1.82) is 0 Å². The number of hydrogen-bond donors (Lipinski definition) is 1. The van der Waals surface area contributed by atoms with Gasteiger partial charge in [0.15, 0.2) is 10.3 Å². The standard InChI is InChI=1S/C22H17ClN2O2S2/c1-13-3-9-18(14(2)11-13)24-22-25-21(26)19(29-22)12-16-6-10-20(27-16)28-17-7-4-15(23)5-8-17/h3-12H,1-2H3,(H,24,25,26)/b19-12+. The maximum absolute atomic E-state index is 12.3. The van der Waals surface area contributed by atoms with Crippen LogP contribution < -0.4 is 5.32 Å². The molecule has 0 radical (unpaired) electrons. The Labute approximate surface area is 182 Å². The maximum atomic E-state index is 12.3. The van der Waals surface area contributed by atoms with Crippen molar-refractivity contribution in [2.45, 2.75) is 23.8 Å². The summed E-state index contributed by atoms with van der Waals surface area (Å²) in [4.78, 5) is 18.5. The molecule has 2 heterocycles. The van der Waals surface area contributed by atoms with Gasteiger partial charge in [-0.25, -0.2) is 4.99 Å². The number of aryl methyl sites for hydroxylation is 2. The molecule has 4 nitrogen and oxygen atoms in total. The Balaban J connectivity index is 1.48. The summed E-state index contributed by atoms with van der Waals surface area (Å²) in [5.41, 5.74) is 3.10. The zero-order valence-electron chi connectivity index (χ0n) is 15.7. The number of halogens is 1. The smallest absolute Gasteiger partial charge is 0.264 e. The van der Waals surface area contributed by atoms with Gasteiger partial charge in [-0.2, -0.15) is 0 Å². The van der Waals surface area contributed by atoms with E-state index in [9.17, 15) is 4.79 Å². The molecule has 7 heteroatoms. The van der Waals surface area contributed by atoms with Crippen molar-refractivity contribution in [1.82, 2.24) is 5.32 Å². The van der Waals surface area contributed by atoms with Crippen LogP contribution in [-0.2, 0) is 4.79 Å². The van der Waals surface area contributed by atoms with Crippen LogP contribution >= 0.6 is 35.1 Å². The number of thioether (sulfide) groups is 1. The molecule has 0 atom stereocenters. The first-order valence-corrected chi connectivity index (χ1v) is 10.9. The molecule has 0 aliphatic carbocycles. The average molecular weight is 441 g/mol. The quantitative estimate of drug-likeness (QED) is 0.465. The minimum Gasteiger partial charge on any atom is -0.450 e. The van der Waals surface area contributed by atoms with Crippen molar-refractivity contribution in [2.75, 3.05) is 0 Å².